The van der Waals surface area contributed by atoms with Crippen molar-refractivity contribution in [3.8, 4) is 11.1 Å². The second-order valence-electron chi connectivity index (χ2n) is 4.58. The van der Waals surface area contributed by atoms with Crippen LogP contribution in [0.5, 0.6) is 0 Å². The topological polar surface area (TPSA) is 39.2 Å². The summed E-state index contributed by atoms with van der Waals surface area (Å²) in [5.74, 6) is -0.347. The molecule has 0 atom stereocenters. The molecule has 0 unspecified atom stereocenters. The molecule has 0 bridgehead atoms. The molecule has 3 nitrogen and oxygen atoms in total. The minimum Gasteiger partial charge on any atom is -0.465 e. The number of halogens is 1. The van der Waals surface area contributed by atoms with Gasteiger partial charge in [0.15, 0.2) is 0 Å². The van der Waals surface area contributed by atoms with E-state index in [4.69, 9.17) is 16.3 Å². The van der Waals surface area contributed by atoms with Gasteiger partial charge in [-0.2, -0.15) is 0 Å². The number of rotatable bonds is 2. The Kier molecular flexibility index (Phi) is 3.59. The Morgan fingerprint density at radius 2 is 1.90 bits per heavy atom. The van der Waals surface area contributed by atoms with Gasteiger partial charge in [0.2, 0.25) is 0 Å². The van der Waals surface area contributed by atoms with Gasteiger partial charge in [-0.3, -0.25) is 0 Å². The quantitative estimate of drug-likeness (QED) is 0.522. The van der Waals surface area contributed by atoms with Crippen LogP contribution in [0.2, 0.25) is 5.15 Å². The minimum atomic E-state index is -0.347. The predicted molar refractivity (Wildman–Crippen MR) is 83.5 cm³/mol. The van der Waals surface area contributed by atoms with E-state index in [1.165, 1.54) is 7.11 Å². The maximum absolute atomic E-state index is 11.9. The van der Waals surface area contributed by atoms with Crippen LogP contribution in [0.15, 0.2) is 54.6 Å². The van der Waals surface area contributed by atoms with E-state index in [0.29, 0.717) is 10.7 Å². The molecule has 0 spiro atoms. The zero-order valence-electron chi connectivity index (χ0n) is 11.3. The third kappa shape index (κ3) is 2.60. The molecule has 0 aliphatic heterocycles. The molecule has 3 rings (SSSR count). The van der Waals surface area contributed by atoms with Crippen molar-refractivity contribution in [1.82, 2.24) is 4.98 Å². The molecule has 0 amide bonds. The molecular weight excluding hydrogens is 286 g/mol. The maximum Gasteiger partial charge on any atom is 0.338 e. The van der Waals surface area contributed by atoms with Crippen molar-refractivity contribution >= 4 is 28.5 Å². The molecule has 0 fully saturated rings. The highest BCUT2D eigenvalue weighted by atomic mass is 35.5. The Bertz CT molecular complexity index is 830. The Labute approximate surface area is 127 Å². The highest BCUT2D eigenvalue weighted by Gasteiger charge is 2.12. The van der Waals surface area contributed by atoms with E-state index in [1.807, 2.05) is 42.5 Å². The van der Waals surface area contributed by atoms with Gasteiger partial charge in [0.25, 0.3) is 0 Å². The van der Waals surface area contributed by atoms with Gasteiger partial charge in [-0.25, -0.2) is 9.78 Å². The van der Waals surface area contributed by atoms with Crippen molar-refractivity contribution in [3.63, 3.8) is 0 Å². The van der Waals surface area contributed by atoms with Crippen LogP contribution >= 0.6 is 11.6 Å². The van der Waals surface area contributed by atoms with E-state index < -0.39 is 0 Å². The lowest BCUT2D eigenvalue weighted by molar-refractivity contribution is 0.0601. The van der Waals surface area contributed by atoms with E-state index in [0.717, 1.165) is 22.0 Å². The van der Waals surface area contributed by atoms with Gasteiger partial charge in [0.1, 0.15) is 5.15 Å². The van der Waals surface area contributed by atoms with Crippen LogP contribution in [-0.4, -0.2) is 18.1 Å². The number of nitrogens with zero attached hydrogens (tertiary/aromatic N) is 1. The van der Waals surface area contributed by atoms with Crippen molar-refractivity contribution in [2.24, 2.45) is 0 Å². The van der Waals surface area contributed by atoms with Crippen LogP contribution in [0, 0.1) is 0 Å². The molecule has 104 valence electrons. The van der Waals surface area contributed by atoms with Gasteiger partial charge in [0, 0.05) is 5.39 Å². The largest absolute Gasteiger partial charge is 0.465 e. The molecule has 2 aromatic carbocycles. The van der Waals surface area contributed by atoms with E-state index in [-0.39, 0.29) is 5.97 Å². The van der Waals surface area contributed by atoms with Gasteiger partial charge in [-0.05, 0) is 41.5 Å². The Balaban J connectivity index is 2.17. The number of carbonyl (C=O) groups is 1. The van der Waals surface area contributed by atoms with Crippen LogP contribution in [0.25, 0.3) is 22.0 Å². The zero-order chi connectivity index (χ0) is 14.8. The van der Waals surface area contributed by atoms with E-state index >= 15 is 0 Å². The lowest BCUT2D eigenvalue weighted by Gasteiger charge is -2.09. The van der Waals surface area contributed by atoms with E-state index in [1.54, 1.807) is 12.1 Å². The maximum atomic E-state index is 11.9. The summed E-state index contributed by atoms with van der Waals surface area (Å²) in [7, 11) is 1.38. The molecule has 1 heterocycles. The summed E-state index contributed by atoms with van der Waals surface area (Å²) in [6.07, 6.45) is 0. The average Bonchev–Trinajstić information content (AvgIpc) is 2.53. The number of benzene rings is 2. The number of hydrogen-bond donors (Lipinski definition) is 0. The smallest absolute Gasteiger partial charge is 0.338 e. The molecule has 0 N–H and O–H groups in total. The first-order valence-corrected chi connectivity index (χ1v) is 6.81. The second kappa shape index (κ2) is 5.54. The van der Waals surface area contributed by atoms with Crippen LogP contribution in [0.4, 0.5) is 0 Å². The Morgan fingerprint density at radius 1 is 1.10 bits per heavy atom. The third-order valence-electron chi connectivity index (χ3n) is 3.30. The van der Waals surface area contributed by atoms with Crippen molar-refractivity contribution in [2.45, 2.75) is 0 Å². The van der Waals surface area contributed by atoms with Crippen LogP contribution < -0.4 is 0 Å². The lowest BCUT2D eigenvalue weighted by Crippen LogP contribution is -2.03. The highest BCUT2D eigenvalue weighted by Crippen LogP contribution is 2.27. The average molecular weight is 298 g/mol. The number of fused-ring (bicyclic) bond motifs is 1. The fraction of sp³-hybridized carbons (Fsp3) is 0.0588. The fourth-order valence-corrected chi connectivity index (χ4v) is 2.45. The Morgan fingerprint density at radius 3 is 2.71 bits per heavy atom. The number of aromatic nitrogens is 1. The van der Waals surface area contributed by atoms with Crippen LogP contribution in [0.1, 0.15) is 10.4 Å². The van der Waals surface area contributed by atoms with Gasteiger partial charge >= 0.3 is 5.97 Å². The van der Waals surface area contributed by atoms with Gasteiger partial charge in [-0.15, -0.1) is 0 Å². The zero-order valence-corrected chi connectivity index (χ0v) is 12.1. The van der Waals surface area contributed by atoms with Crippen molar-refractivity contribution in [3.05, 3.63) is 65.3 Å². The summed E-state index contributed by atoms with van der Waals surface area (Å²) in [4.78, 5) is 16.1. The van der Waals surface area contributed by atoms with E-state index in [2.05, 4.69) is 4.98 Å². The third-order valence-corrected chi connectivity index (χ3v) is 3.51. The second-order valence-corrected chi connectivity index (χ2v) is 4.97. The van der Waals surface area contributed by atoms with Gasteiger partial charge in [-0.1, -0.05) is 35.9 Å². The molecule has 0 radical (unpaired) electrons. The lowest BCUT2D eigenvalue weighted by atomic mass is 9.98. The summed E-state index contributed by atoms with van der Waals surface area (Å²) >= 11 is 5.89. The standard InChI is InChI=1S/C17H12ClNO2/c1-21-17(20)14-5-3-2-4-13(14)11-6-8-15-12(10-11)7-9-16(18)19-15/h2-10H,1H3. The Hall–Kier alpha value is -2.39. The molecule has 0 aliphatic carbocycles. The van der Waals surface area contributed by atoms with Crippen LogP contribution in [-0.2, 0) is 4.74 Å². The first kappa shape index (κ1) is 13.6. The summed E-state index contributed by atoms with van der Waals surface area (Å²) in [6, 6.07) is 16.8. The molecule has 0 aliphatic rings. The van der Waals surface area contributed by atoms with Crippen molar-refractivity contribution < 1.29 is 9.53 Å². The predicted octanol–water partition coefficient (Wildman–Crippen LogP) is 4.34. The summed E-state index contributed by atoms with van der Waals surface area (Å²) in [5, 5.41) is 1.43. The molecule has 0 saturated carbocycles. The molecule has 21 heavy (non-hydrogen) atoms. The van der Waals surface area contributed by atoms with Crippen LogP contribution in [0.3, 0.4) is 0 Å². The van der Waals surface area contributed by atoms with Crippen molar-refractivity contribution in [2.75, 3.05) is 7.11 Å². The number of carbonyl (C=O) groups excluding carboxylic acids is 1. The molecule has 3 aromatic rings. The molecule has 1 aromatic heterocycles. The minimum absolute atomic E-state index is 0.347. The first-order chi connectivity index (χ1) is 10.2. The number of hydrogen-bond acceptors (Lipinski definition) is 3. The summed E-state index contributed by atoms with van der Waals surface area (Å²) < 4.78 is 4.83. The highest BCUT2D eigenvalue weighted by molar-refractivity contribution is 6.29. The monoisotopic (exact) mass is 297 g/mol. The van der Waals surface area contributed by atoms with Gasteiger partial charge in [0.05, 0.1) is 18.2 Å². The SMILES string of the molecule is COC(=O)c1ccccc1-c1ccc2nc(Cl)ccc2c1. The summed E-state index contributed by atoms with van der Waals surface area (Å²) in [5.41, 5.74) is 3.14. The normalized spacial score (nSPS) is 10.6. The van der Waals surface area contributed by atoms with E-state index in [9.17, 15) is 4.79 Å². The fourth-order valence-electron chi connectivity index (χ4n) is 2.29. The molecular formula is C17H12ClNO2. The number of esters is 1. The van der Waals surface area contributed by atoms with Gasteiger partial charge < -0.3 is 4.74 Å². The first-order valence-electron chi connectivity index (χ1n) is 6.43. The molecule has 4 heteroatoms. The molecule has 0 saturated heterocycles. The number of pyridine rings is 1. The number of methoxy groups -OCH3 is 1. The summed E-state index contributed by atoms with van der Waals surface area (Å²) in [6.45, 7) is 0. The van der Waals surface area contributed by atoms with Crippen molar-refractivity contribution in [1.29, 1.82) is 0 Å². The number of ether oxygens (including phenoxy) is 1.